The Kier molecular flexibility index (Phi) is 2.17. The molecule has 4 heteroatoms. The van der Waals surface area contributed by atoms with E-state index in [4.69, 9.17) is 0 Å². The lowest BCUT2D eigenvalue weighted by Crippen LogP contribution is -2.49. The van der Waals surface area contributed by atoms with Crippen LogP contribution in [0.3, 0.4) is 0 Å². The number of hydrogen-bond donors (Lipinski definition) is 1. The number of fused-ring (bicyclic) bond motifs is 4. The summed E-state index contributed by atoms with van der Waals surface area (Å²) in [5.74, 6) is -0.148. The second-order valence-electron chi connectivity index (χ2n) is 5.33. The Hall–Kier alpha value is -1.94. The summed E-state index contributed by atoms with van der Waals surface area (Å²) in [6.07, 6.45) is 0.761. The molecular weight excluding hydrogens is 240 g/mol. The zero-order chi connectivity index (χ0) is 13.0. The zero-order valence-corrected chi connectivity index (χ0v) is 10.4. The van der Waals surface area contributed by atoms with E-state index in [-0.39, 0.29) is 23.5 Å². The molecule has 96 valence electrons. The van der Waals surface area contributed by atoms with Crippen LogP contribution in [0, 0.1) is 11.8 Å². The minimum Gasteiger partial charge on any atom is -0.316 e. The number of rotatable bonds is 0. The van der Waals surface area contributed by atoms with Crippen LogP contribution in [0.4, 0.5) is 0 Å². The van der Waals surface area contributed by atoms with Gasteiger partial charge >= 0.3 is 0 Å². The molecule has 2 aliphatic heterocycles. The number of nitrogens with zero attached hydrogens (tertiary/aromatic N) is 1. The number of nitrogens with one attached hydrogen (secondary N) is 1. The van der Waals surface area contributed by atoms with Gasteiger partial charge in [-0.25, -0.2) is 0 Å². The SMILES string of the molecule is O=C1c2cc3ccccc3n2C(=O)C2CNCCC12. The normalized spacial score (nSPS) is 26.3. The minimum absolute atomic E-state index is 0.0630. The van der Waals surface area contributed by atoms with Crippen LogP contribution < -0.4 is 5.32 Å². The number of para-hydroxylation sites is 1. The monoisotopic (exact) mass is 254 g/mol. The third-order valence-corrected chi connectivity index (χ3v) is 4.32. The quantitative estimate of drug-likeness (QED) is 0.778. The van der Waals surface area contributed by atoms with Crippen LogP contribution in [0.2, 0.25) is 0 Å². The highest BCUT2D eigenvalue weighted by Gasteiger charge is 2.43. The van der Waals surface area contributed by atoms with Gasteiger partial charge in [-0.15, -0.1) is 0 Å². The van der Waals surface area contributed by atoms with Crippen molar-refractivity contribution in [3.8, 4) is 0 Å². The van der Waals surface area contributed by atoms with E-state index in [9.17, 15) is 9.59 Å². The zero-order valence-electron chi connectivity index (χ0n) is 10.4. The minimum atomic E-state index is -0.204. The third-order valence-electron chi connectivity index (χ3n) is 4.32. The number of piperidine rings is 1. The first-order valence-electron chi connectivity index (χ1n) is 6.67. The lowest BCUT2D eigenvalue weighted by atomic mass is 9.79. The second-order valence-corrected chi connectivity index (χ2v) is 5.33. The van der Waals surface area contributed by atoms with Gasteiger partial charge in [0.25, 0.3) is 0 Å². The van der Waals surface area contributed by atoms with Gasteiger partial charge in [0.2, 0.25) is 5.91 Å². The van der Waals surface area contributed by atoms with Crippen molar-refractivity contribution in [1.29, 1.82) is 0 Å². The number of Topliss-reactive ketones (excluding diaryl/α,β-unsaturated/α-hetero) is 1. The molecule has 3 heterocycles. The molecule has 4 rings (SSSR count). The number of hydrogen-bond acceptors (Lipinski definition) is 3. The molecule has 1 fully saturated rings. The van der Waals surface area contributed by atoms with E-state index in [1.807, 2.05) is 30.3 Å². The number of benzene rings is 1. The van der Waals surface area contributed by atoms with Crippen LogP contribution in [-0.2, 0) is 0 Å². The first-order chi connectivity index (χ1) is 9.27. The summed E-state index contributed by atoms with van der Waals surface area (Å²) >= 11 is 0. The van der Waals surface area contributed by atoms with Crippen molar-refractivity contribution in [3.05, 3.63) is 36.0 Å². The summed E-state index contributed by atoms with van der Waals surface area (Å²) in [6.45, 7) is 1.43. The predicted octanol–water partition coefficient (Wildman–Crippen LogP) is 1.70. The van der Waals surface area contributed by atoms with Crippen molar-refractivity contribution < 1.29 is 9.59 Å². The van der Waals surface area contributed by atoms with Gasteiger partial charge in [-0.05, 0) is 25.1 Å². The van der Waals surface area contributed by atoms with Crippen molar-refractivity contribution in [2.45, 2.75) is 6.42 Å². The lowest BCUT2D eigenvalue weighted by Gasteiger charge is -2.34. The highest BCUT2D eigenvalue weighted by atomic mass is 16.2. The van der Waals surface area contributed by atoms with Gasteiger partial charge < -0.3 is 5.32 Å². The molecule has 1 aromatic heterocycles. The largest absolute Gasteiger partial charge is 0.316 e. The summed E-state index contributed by atoms with van der Waals surface area (Å²) in [7, 11) is 0. The summed E-state index contributed by atoms with van der Waals surface area (Å²) in [4.78, 5) is 25.2. The highest BCUT2D eigenvalue weighted by molar-refractivity contribution is 6.11. The molecule has 0 aliphatic carbocycles. The van der Waals surface area contributed by atoms with E-state index in [2.05, 4.69) is 5.32 Å². The molecule has 1 aromatic carbocycles. The number of carbonyl (C=O) groups excluding carboxylic acids is 2. The summed E-state index contributed by atoms with van der Waals surface area (Å²) in [5.41, 5.74) is 1.41. The maximum Gasteiger partial charge on any atom is 0.236 e. The van der Waals surface area contributed by atoms with Crippen LogP contribution in [0.25, 0.3) is 10.9 Å². The van der Waals surface area contributed by atoms with E-state index < -0.39 is 0 Å². The van der Waals surface area contributed by atoms with E-state index in [0.29, 0.717) is 12.2 Å². The number of ketones is 1. The number of aromatic nitrogens is 1. The molecule has 0 spiro atoms. The molecule has 2 aliphatic rings. The fourth-order valence-electron chi connectivity index (χ4n) is 3.36. The maximum atomic E-state index is 12.6. The average molecular weight is 254 g/mol. The van der Waals surface area contributed by atoms with Crippen molar-refractivity contribution in [2.24, 2.45) is 11.8 Å². The first kappa shape index (κ1) is 10.9. The van der Waals surface area contributed by atoms with Crippen molar-refractivity contribution in [2.75, 3.05) is 13.1 Å². The van der Waals surface area contributed by atoms with Gasteiger partial charge in [0, 0.05) is 17.8 Å². The van der Waals surface area contributed by atoms with E-state index >= 15 is 0 Å². The molecule has 2 atom stereocenters. The lowest BCUT2D eigenvalue weighted by molar-refractivity contribution is 0.0615. The van der Waals surface area contributed by atoms with Crippen LogP contribution >= 0.6 is 0 Å². The van der Waals surface area contributed by atoms with Crippen LogP contribution in [0.1, 0.15) is 21.7 Å². The Morgan fingerprint density at radius 3 is 2.89 bits per heavy atom. The highest BCUT2D eigenvalue weighted by Crippen LogP contribution is 2.34. The molecule has 2 aromatic rings. The Bertz CT molecular complexity index is 701. The van der Waals surface area contributed by atoms with E-state index in [1.54, 1.807) is 4.57 Å². The molecule has 0 bridgehead atoms. The first-order valence-corrected chi connectivity index (χ1v) is 6.67. The summed E-state index contributed by atoms with van der Waals surface area (Å²) < 4.78 is 1.62. The second kappa shape index (κ2) is 3.78. The fourth-order valence-corrected chi connectivity index (χ4v) is 3.36. The van der Waals surface area contributed by atoms with Gasteiger partial charge in [-0.1, -0.05) is 18.2 Å². The van der Waals surface area contributed by atoms with Crippen LogP contribution in [0.5, 0.6) is 0 Å². The van der Waals surface area contributed by atoms with Crippen molar-refractivity contribution in [1.82, 2.24) is 9.88 Å². The molecule has 1 saturated heterocycles. The Labute approximate surface area is 110 Å². The molecule has 0 radical (unpaired) electrons. The van der Waals surface area contributed by atoms with E-state index in [0.717, 1.165) is 23.9 Å². The predicted molar refractivity (Wildman–Crippen MR) is 71.4 cm³/mol. The molecule has 2 unspecified atom stereocenters. The molecule has 4 nitrogen and oxygen atoms in total. The maximum absolute atomic E-state index is 12.6. The number of carbonyl (C=O) groups is 2. The van der Waals surface area contributed by atoms with E-state index in [1.165, 1.54) is 0 Å². The van der Waals surface area contributed by atoms with Gasteiger partial charge in [0.05, 0.1) is 17.1 Å². The fraction of sp³-hybridized carbons (Fsp3) is 0.333. The molecular formula is C15H14N2O2. The van der Waals surface area contributed by atoms with Crippen LogP contribution in [0.15, 0.2) is 30.3 Å². The van der Waals surface area contributed by atoms with Crippen molar-refractivity contribution >= 4 is 22.6 Å². The standard InChI is InChI=1S/C15H14N2O2/c18-14-10-5-6-16-8-11(10)15(19)17-12-4-2-1-3-9(12)7-13(14)17/h1-4,7,10-11,16H,5-6,8H2. The Morgan fingerprint density at radius 1 is 1.16 bits per heavy atom. The van der Waals surface area contributed by atoms with Gasteiger partial charge in [-0.2, -0.15) is 0 Å². The average Bonchev–Trinajstić information content (AvgIpc) is 2.84. The molecule has 0 saturated carbocycles. The summed E-state index contributed by atoms with van der Waals surface area (Å²) in [6, 6.07) is 9.54. The third kappa shape index (κ3) is 1.37. The Morgan fingerprint density at radius 2 is 2.00 bits per heavy atom. The molecule has 19 heavy (non-hydrogen) atoms. The van der Waals surface area contributed by atoms with Crippen LogP contribution in [-0.4, -0.2) is 29.3 Å². The van der Waals surface area contributed by atoms with Gasteiger partial charge in [0.15, 0.2) is 5.78 Å². The topological polar surface area (TPSA) is 51.1 Å². The molecule has 1 N–H and O–H groups in total. The van der Waals surface area contributed by atoms with Gasteiger partial charge in [-0.3, -0.25) is 14.2 Å². The molecule has 0 amide bonds. The summed E-state index contributed by atoms with van der Waals surface area (Å²) in [5, 5.41) is 4.18. The smallest absolute Gasteiger partial charge is 0.236 e. The van der Waals surface area contributed by atoms with Gasteiger partial charge in [0.1, 0.15) is 0 Å². The Balaban J connectivity index is 1.99. The van der Waals surface area contributed by atoms with Crippen molar-refractivity contribution in [3.63, 3.8) is 0 Å².